The maximum Gasteiger partial charge on any atom is 0.0490 e. The molecular formula is C10H20O2. The van der Waals surface area contributed by atoms with E-state index in [1.54, 1.807) is 0 Å². The lowest BCUT2D eigenvalue weighted by atomic mass is 9.66. The van der Waals surface area contributed by atoms with Gasteiger partial charge in [0.15, 0.2) is 0 Å². The van der Waals surface area contributed by atoms with Gasteiger partial charge in [-0.1, -0.05) is 20.8 Å². The first-order valence-corrected chi connectivity index (χ1v) is 4.69. The Labute approximate surface area is 74.6 Å². The van der Waals surface area contributed by atoms with E-state index in [-0.39, 0.29) is 24.0 Å². The molecule has 0 aliphatic heterocycles. The Hall–Kier alpha value is -0.0800. The first-order chi connectivity index (χ1) is 5.48. The molecule has 0 unspecified atom stereocenters. The number of hydrogen-bond donors (Lipinski definition) is 2. The molecule has 0 heterocycles. The van der Waals surface area contributed by atoms with Crippen molar-refractivity contribution in [2.45, 2.75) is 33.6 Å². The van der Waals surface area contributed by atoms with E-state index in [2.05, 4.69) is 20.8 Å². The minimum atomic E-state index is 0.000394. The standard InChI is InChI=1S/C10H20O2/c1-9(2)8(6-11)4-5-10(9,3)7-12/h8,11-12H,4-7H2,1-3H3/t8-,10+/m0/s1. The van der Waals surface area contributed by atoms with Crippen LogP contribution in [0.2, 0.25) is 0 Å². The van der Waals surface area contributed by atoms with Crippen LogP contribution in [-0.4, -0.2) is 23.4 Å². The van der Waals surface area contributed by atoms with Crippen molar-refractivity contribution >= 4 is 0 Å². The molecule has 0 radical (unpaired) electrons. The summed E-state index contributed by atoms with van der Waals surface area (Å²) < 4.78 is 0. The summed E-state index contributed by atoms with van der Waals surface area (Å²) in [5, 5.41) is 18.4. The quantitative estimate of drug-likeness (QED) is 0.661. The Balaban J connectivity index is 2.84. The van der Waals surface area contributed by atoms with Crippen molar-refractivity contribution in [1.29, 1.82) is 0 Å². The topological polar surface area (TPSA) is 40.5 Å². The Morgan fingerprint density at radius 2 is 1.83 bits per heavy atom. The molecule has 1 saturated carbocycles. The van der Waals surface area contributed by atoms with Gasteiger partial charge in [-0.15, -0.1) is 0 Å². The second-order valence-corrected chi connectivity index (χ2v) is 4.86. The smallest absolute Gasteiger partial charge is 0.0490 e. The number of hydrogen-bond acceptors (Lipinski definition) is 2. The summed E-state index contributed by atoms with van der Waals surface area (Å²) in [7, 11) is 0. The molecule has 72 valence electrons. The lowest BCUT2D eigenvalue weighted by Gasteiger charge is -2.40. The van der Waals surface area contributed by atoms with Crippen LogP contribution >= 0.6 is 0 Å². The molecule has 0 amide bonds. The molecule has 1 aliphatic rings. The fourth-order valence-electron chi connectivity index (χ4n) is 2.27. The lowest BCUT2D eigenvalue weighted by Crippen LogP contribution is -2.38. The maximum atomic E-state index is 9.29. The SMILES string of the molecule is CC1(C)[C@H](CO)CC[C@]1(C)CO. The van der Waals surface area contributed by atoms with Crippen LogP contribution in [0.15, 0.2) is 0 Å². The summed E-state index contributed by atoms with van der Waals surface area (Å²) in [6, 6.07) is 0. The van der Waals surface area contributed by atoms with Gasteiger partial charge in [0.05, 0.1) is 0 Å². The molecule has 0 aromatic heterocycles. The van der Waals surface area contributed by atoms with Crippen molar-refractivity contribution in [3.8, 4) is 0 Å². The van der Waals surface area contributed by atoms with Crippen LogP contribution in [0.25, 0.3) is 0 Å². The van der Waals surface area contributed by atoms with Gasteiger partial charge in [-0.05, 0) is 29.6 Å². The van der Waals surface area contributed by atoms with E-state index < -0.39 is 0 Å². The summed E-state index contributed by atoms with van der Waals surface area (Å²) in [6.07, 6.45) is 2.07. The van der Waals surface area contributed by atoms with Gasteiger partial charge in [0.25, 0.3) is 0 Å². The minimum Gasteiger partial charge on any atom is -0.396 e. The predicted molar refractivity (Wildman–Crippen MR) is 48.8 cm³/mol. The summed E-state index contributed by atoms with van der Waals surface area (Å²) in [6.45, 7) is 6.90. The van der Waals surface area contributed by atoms with Gasteiger partial charge in [0, 0.05) is 13.2 Å². The zero-order chi connectivity index (χ0) is 9.41. The highest BCUT2D eigenvalue weighted by Gasteiger charge is 2.50. The zero-order valence-electron chi connectivity index (χ0n) is 8.30. The Morgan fingerprint density at radius 3 is 2.08 bits per heavy atom. The van der Waals surface area contributed by atoms with Crippen molar-refractivity contribution in [3.05, 3.63) is 0 Å². The summed E-state index contributed by atoms with van der Waals surface area (Å²) in [4.78, 5) is 0. The Bertz CT molecular complexity index is 165. The average molecular weight is 172 g/mol. The van der Waals surface area contributed by atoms with Gasteiger partial charge in [-0.2, -0.15) is 0 Å². The van der Waals surface area contributed by atoms with E-state index in [1.807, 2.05) is 0 Å². The average Bonchev–Trinajstić information content (AvgIpc) is 2.25. The second kappa shape index (κ2) is 3.00. The van der Waals surface area contributed by atoms with E-state index in [1.165, 1.54) is 0 Å². The van der Waals surface area contributed by atoms with E-state index in [0.717, 1.165) is 12.8 Å². The van der Waals surface area contributed by atoms with E-state index >= 15 is 0 Å². The fraction of sp³-hybridized carbons (Fsp3) is 1.00. The van der Waals surface area contributed by atoms with Crippen molar-refractivity contribution in [2.75, 3.05) is 13.2 Å². The van der Waals surface area contributed by atoms with E-state index in [9.17, 15) is 5.11 Å². The Kier molecular flexibility index (Phi) is 2.50. The first-order valence-electron chi connectivity index (χ1n) is 4.69. The summed E-state index contributed by atoms with van der Waals surface area (Å²) in [5.41, 5.74) is 0.0664. The molecule has 2 heteroatoms. The molecule has 0 saturated heterocycles. The number of aliphatic hydroxyl groups excluding tert-OH is 2. The first kappa shape index (κ1) is 10.0. The van der Waals surface area contributed by atoms with Crippen molar-refractivity contribution in [3.63, 3.8) is 0 Å². The van der Waals surface area contributed by atoms with E-state index in [0.29, 0.717) is 5.92 Å². The van der Waals surface area contributed by atoms with E-state index in [4.69, 9.17) is 5.11 Å². The van der Waals surface area contributed by atoms with Gasteiger partial charge in [0.1, 0.15) is 0 Å². The largest absolute Gasteiger partial charge is 0.396 e. The third-order valence-electron chi connectivity index (χ3n) is 4.19. The minimum absolute atomic E-state index is 0.000394. The maximum absolute atomic E-state index is 9.29. The molecular weight excluding hydrogens is 152 g/mol. The molecule has 0 aromatic rings. The molecule has 0 aromatic carbocycles. The molecule has 2 nitrogen and oxygen atoms in total. The third kappa shape index (κ3) is 1.17. The number of aliphatic hydroxyl groups is 2. The van der Waals surface area contributed by atoms with Crippen LogP contribution in [-0.2, 0) is 0 Å². The third-order valence-corrected chi connectivity index (χ3v) is 4.19. The highest BCUT2D eigenvalue weighted by Crippen LogP contribution is 2.55. The molecule has 0 bridgehead atoms. The van der Waals surface area contributed by atoms with Crippen molar-refractivity contribution in [2.24, 2.45) is 16.7 Å². The summed E-state index contributed by atoms with van der Waals surface area (Å²) in [5.74, 6) is 0.356. The van der Waals surface area contributed by atoms with Crippen LogP contribution in [0.5, 0.6) is 0 Å². The highest BCUT2D eigenvalue weighted by molar-refractivity contribution is 4.99. The zero-order valence-corrected chi connectivity index (χ0v) is 8.30. The normalized spacial score (nSPS) is 40.2. The lowest BCUT2D eigenvalue weighted by molar-refractivity contribution is 0.0103. The van der Waals surface area contributed by atoms with Crippen molar-refractivity contribution < 1.29 is 10.2 Å². The monoisotopic (exact) mass is 172 g/mol. The van der Waals surface area contributed by atoms with Crippen LogP contribution in [0.3, 0.4) is 0 Å². The number of rotatable bonds is 2. The van der Waals surface area contributed by atoms with Gasteiger partial charge in [-0.25, -0.2) is 0 Å². The predicted octanol–water partition coefficient (Wildman–Crippen LogP) is 1.41. The Morgan fingerprint density at radius 1 is 1.25 bits per heavy atom. The molecule has 2 atom stereocenters. The van der Waals surface area contributed by atoms with Gasteiger partial charge in [0.2, 0.25) is 0 Å². The van der Waals surface area contributed by atoms with Gasteiger partial charge < -0.3 is 10.2 Å². The molecule has 2 N–H and O–H groups in total. The molecule has 1 rings (SSSR count). The molecule has 0 spiro atoms. The second-order valence-electron chi connectivity index (χ2n) is 4.86. The van der Waals surface area contributed by atoms with Crippen molar-refractivity contribution in [1.82, 2.24) is 0 Å². The van der Waals surface area contributed by atoms with Crippen LogP contribution in [0.4, 0.5) is 0 Å². The molecule has 12 heavy (non-hydrogen) atoms. The molecule has 1 fully saturated rings. The highest BCUT2D eigenvalue weighted by atomic mass is 16.3. The molecule has 1 aliphatic carbocycles. The van der Waals surface area contributed by atoms with Crippen LogP contribution in [0, 0.1) is 16.7 Å². The van der Waals surface area contributed by atoms with Gasteiger partial charge >= 0.3 is 0 Å². The summed E-state index contributed by atoms with van der Waals surface area (Å²) >= 11 is 0. The van der Waals surface area contributed by atoms with Crippen LogP contribution in [0.1, 0.15) is 33.6 Å². The van der Waals surface area contributed by atoms with Gasteiger partial charge in [-0.3, -0.25) is 0 Å². The fourth-order valence-corrected chi connectivity index (χ4v) is 2.27. The van der Waals surface area contributed by atoms with Crippen LogP contribution < -0.4 is 0 Å².